The molecule has 138 valence electrons. The van der Waals surface area contributed by atoms with Crippen molar-refractivity contribution < 1.29 is 27.2 Å². The number of anilines is 1. The molecule has 3 aromatic rings. The highest BCUT2D eigenvalue weighted by molar-refractivity contribution is 6.44. The van der Waals surface area contributed by atoms with Crippen LogP contribution in [0.15, 0.2) is 30.6 Å². The van der Waals surface area contributed by atoms with Crippen LogP contribution < -0.4 is 4.90 Å². The number of ketones is 1. The van der Waals surface area contributed by atoms with Crippen LogP contribution in [0.4, 0.5) is 23.2 Å². The number of carbonyl (C=O) groups excluding carboxylic acids is 2. The standard InChI is InChI=1S/C18H11F4N3O2/c1-7-16(13-14(21)9(19)5-10(20)15(13)22)25(18(27)17(7)26)8-2-3-11-12(4-8)24-6-23-11/h2-7,16H,1H3,(H,23,24). The third kappa shape index (κ3) is 2.42. The number of aromatic amines is 1. The van der Waals surface area contributed by atoms with Gasteiger partial charge in [0, 0.05) is 17.7 Å². The fourth-order valence-corrected chi connectivity index (χ4v) is 3.39. The van der Waals surface area contributed by atoms with E-state index in [1.54, 1.807) is 0 Å². The predicted molar refractivity (Wildman–Crippen MR) is 86.8 cm³/mol. The van der Waals surface area contributed by atoms with Crippen molar-refractivity contribution >= 4 is 28.4 Å². The number of H-pyrrole nitrogens is 1. The predicted octanol–water partition coefficient (Wildman–Crippen LogP) is 3.41. The lowest BCUT2D eigenvalue weighted by atomic mass is 9.93. The average molecular weight is 377 g/mol. The summed E-state index contributed by atoms with van der Waals surface area (Å²) >= 11 is 0. The monoisotopic (exact) mass is 377 g/mol. The van der Waals surface area contributed by atoms with E-state index in [-0.39, 0.29) is 11.8 Å². The van der Waals surface area contributed by atoms with Crippen LogP contribution in [0.3, 0.4) is 0 Å². The van der Waals surface area contributed by atoms with Crippen molar-refractivity contribution in [3.8, 4) is 0 Å². The van der Waals surface area contributed by atoms with E-state index in [1.807, 2.05) is 0 Å². The van der Waals surface area contributed by atoms with Gasteiger partial charge >= 0.3 is 0 Å². The van der Waals surface area contributed by atoms with Crippen molar-refractivity contribution in [1.29, 1.82) is 0 Å². The second kappa shape index (κ2) is 5.90. The highest BCUT2D eigenvalue weighted by atomic mass is 19.2. The first-order chi connectivity index (χ1) is 12.8. The van der Waals surface area contributed by atoms with Gasteiger partial charge in [-0.15, -0.1) is 0 Å². The van der Waals surface area contributed by atoms with Crippen LogP contribution >= 0.6 is 0 Å². The SMILES string of the molecule is CC1C(=O)C(=O)N(c2ccc3nc[nH]c3c2)C1c1c(F)c(F)cc(F)c1F. The molecule has 0 radical (unpaired) electrons. The molecule has 2 aromatic carbocycles. The molecule has 1 saturated heterocycles. The number of imidazole rings is 1. The maximum atomic E-state index is 14.4. The van der Waals surface area contributed by atoms with E-state index in [9.17, 15) is 27.2 Å². The number of fused-ring (bicyclic) bond motifs is 1. The van der Waals surface area contributed by atoms with Gasteiger partial charge in [0.1, 0.15) is 0 Å². The molecule has 0 spiro atoms. The molecule has 1 aliphatic heterocycles. The van der Waals surface area contributed by atoms with Gasteiger partial charge < -0.3 is 4.98 Å². The minimum atomic E-state index is -1.64. The van der Waals surface area contributed by atoms with Crippen molar-refractivity contribution in [2.75, 3.05) is 4.90 Å². The molecular weight excluding hydrogens is 366 g/mol. The number of rotatable bonds is 2. The van der Waals surface area contributed by atoms with Crippen LogP contribution in [-0.2, 0) is 9.59 Å². The third-order valence-electron chi connectivity index (χ3n) is 4.72. The minimum absolute atomic E-state index is 0.0818. The van der Waals surface area contributed by atoms with Gasteiger partial charge in [0.2, 0.25) is 5.78 Å². The molecule has 1 N–H and O–H groups in total. The number of benzene rings is 2. The summed E-state index contributed by atoms with van der Waals surface area (Å²) in [6.07, 6.45) is 1.41. The number of amides is 1. The summed E-state index contributed by atoms with van der Waals surface area (Å²) in [7, 11) is 0. The highest BCUT2D eigenvalue weighted by Crippen LogP contribution is 2.42. The maximum Gasteiger partial charge on any atom is 0.295 e. The molecule has 0 bridgehead atoms. The molecule has 4 rings (SSSR count). The quantitative estimate of drug-likeness (QED) is 0.423. The summed E-state index contributed by atoms with van der Waals surface area (Å²) in [5, 5.41) is 0. The maximum absolute atomic E-state index is 14.4. The number of Topliss-reactive ketones (excluding diaryl/α,β-unsaturated/α-hetero) is 1. The van der Waals surface area contributed by atoms with Crippen LogP contribution in [0.5, 0.6) is 0 Å². The fraction of sp³-hybridized carbons (Fsp3) is 0.167. The molecule has 1 amide bonds. The zero-order chi connectivity index (χ0) is 19.5. The summed E-state index contributed by atoms with van der Waals surface area (Å²) in [5.74, 6) is -9.62. The number of halogens is 4. The number of aromatic nitrogens is 2. The van der Waals surface area contributed by atoms with Crippen LogP contribution in [0.25, 0.3) is 11.0 Å². The minimum Gasteiger partial charge on any atom is -0.345 e. The number of carbonyl (C=O) groups is 2. The first-order valence-corrected chi connectivity index (χ1v) is 7.94. The molecule has 2 unspecified atom stereocenters. The van der Waals surface area contributed by atoms with Crippen molar-refractivity contribution in [1.82, 2.24) is 9.97 Å². The summed E-state index contributed by atoms with van der Waals surface area (Å²) < 4.78 is 56.1. The summed E-state index contributed by atoms with van der Waals surface area (Å²) in [4.78, 5) is 32.4. The zero-order valence-electron chi connectivity index (χ0n) is 13.8. The molecule has 1 aliphatic rings. The lowest BCUT2D eigenvalue weighted by Crippen LogP contribution is -2.31. The Hall–Kier alpha value is -3.23. The number of nitrogens with zero attached hydrogens (tertiary/aromatic N) is 2. The second-order valence-corrected chi connectivity index (χ2v) is 6.26. The van der Waals surface area contributed by atoms with E-state index in [4.69, 9.17) is 0 Å². The summed E-state index contributed by atoms with van der Waals surface area (Å²) in [6, 6.07) is 2.99. The van der Waals surface area contributed by atoms with Gasteiger partial charge in [0.25, 0.3) is 5.91 Å². The van der Waals surface area contributed by atoms with E-state index in [0.29, 0.717) is 11.0 Å². The summed E-state index contributed by atoms with van der Waals surface area (Å²) in [6.45, 7) is 1.28. The van der Waals surface area contributed by atoms with Crippen LogP contribution in [0.2, 0.25) is 0 Å². The normalized spacial score (nSPS) is 20.1. The third-order valence-corrected chi connectivity index (χ3v) is 4.72. The van der Waals surface area contributed by atoms with Crippen molar-refractivity contribution in [3.05, 3.63) is 59.4 Å². The molecule has 27 heavy (non-hydrogen) atoms. The Morgan fingerprint density at radius 2 is 1.70 bits per heavy atom. The van der Waals surface area contributed by atoms with Gasteiger partial charge in [0.05, 0.1) is 29.0 Å². The molecule has 2 atom stereocenters. The molecule has 1 aromatic heterocycles. The lowest BCUT2D eigenvalue weighted by Gasteiger charge is -2.27. The van der Waals surface area contributed by atoms with E-state index < -0.39 is 52.5 Å². The van der Waals surface area contributed by atoms with Crippen LogP contribution in [0, 0.1) is 29.2 Å². The van der Waals surface area contributed by atoms with Crippen molar-refractivity contribution in [3.63, 3.8) is 0 Å². The van der Waals surface area contributed by atoms with Crippen molar-refractivity contribution in [2.45, 2.75) is 13.0 Å². The van der Waals surface area contributed by atoms with Crippen LogP contribution in [0.1, 0.15) is 18.5 Å². The van der Waals surface area contributed by atoms with Crippen LogP contribution in [-0.4, -0.2) is 21.7 Å². The van der Waals surface area contributed by atoms with E-state index in [1.165, 1.54) is 31.5 Å². The van der Waals surface area contributed by atoms with Gasteiger partial charge in [0.15, 0.2) is 23.3 Å². The second-order valence-electron chi connectivity index (χ2n) is 6.26. The van der Waals surface area contributed by atoms with E-state index >= 15 is 0 Å². The Morgan fingerprint density at radius 1 is 1.04 bits per heavy atom. The fourth-order valence-electron chi connectivity index (χ4n) is 3.39. The van der Waals surface area contributed by atoms with Gasteiger partial charge in [-0.2, -0.15) is 0 Å². The molecule has 0 saturated carbocycles. The van der Waals surface area contributed by atoms with E-state index in [2.05, 4.69) is 9.97 Å². The number of hydrogen-bond acceptors (Lipinski definition) is 3. The van der Waals surface area contributed by atoms with Crippen molar-refractivity contribution in [2.24, 2.45) is 5.92 Å². The van der Waals surface area contributed by atoms with Gasteiger partial charge in [-0.25, -0.2) is 22.5 Å². The van der Waals surface area contributed by atoms with E-state index in [0.717, 1.165) is 4.90 Å². The average Bonchev–Trinajstić information content (AvgIpc) is 3.19. The molecular formula is C18H11F4N3O2. The molecule has 1 fully saturated rings. The Labute approximate surface area is 149 Å². The Balaban J connectivity index is 1.95. The topological polar surface area (TPSA) is 66.1 Å². The first kappa shape index (κ1) is 17.2. The smallest absolute Gasteiger partial charge is 0.295 e. The van der Waals surface area contributed by atoms with Gasteiger partial charge in [-0.3, -0.25) is 14.5 Å². The molecule has 5 nitrogen and oxygen atoms in total. The Morgan fingerprint density at radius 3 is 2.37 bits per heavy atom. The highest BCUT2D eigenvalue weighted by Gasteiger charge is 2.49. The van der Waals surface area contributed by atoms with Gasteiger partial charge in [-0.1, -0.05) is 6.92 Å². The largest absolute Gasteiger partial charge is 0.345 e. The lowest BCUT2D eigenvalue weighted by molar-refractivity contribution is -0.135. The molecule has 9 heteroatoms. The zero-order valence-corrected chi connectivity index (χ0v) is 13.8. The first-order valence-electron chi connectivity index (χ1n) is 7.94. The Kier molecular flexibility index (Phi) is 3.76. The van der Waals surface area contributed by atoms with Gasteiger partial charge in [-0.05, 0) is 18.2 Å². The summed E-state index contributed by atoms with van der Waals surface area (Å²) in [5.41, 5.74) is 0.222. The number of nitrogens with one attached hydrogen (secondary N) is 1. The number of hydrogen-bond donors (Lipinski definition) is 1. The molecule has 2 heterocycles. The molecule has 0 aliphatic carbocycles. The Bertz CT molecular complexity index is 1090.